The molecular weight excluding hydrogens is 240 g/mol. The Balaban J connectivity index is 2.35. The number of ether oxygens (including phenoxy) is 1. The third-order valence-electron chi connectivity index (χ3n) is 2.59. The summed E-state index contributed by atoms with van der Waals surface area (Å²) in [6.07, 6.45) is 4.73. The lowest BCUT2D eigenvalue weighted by atomic mass is 10.1. The molecule has 1 N–H and O–H groups in total. The van der Waals surface area contributed by atoms with Crippen LogP contribution in [0, 0.1) is 11.3 Å². The zero-order valence-electron chi connectivity index (χ0n) is 10.2. The van der Waals surface area contributed by atoms with Gasteiger partial charge in [0.1, 0.15) is 18.2 Å². The number of H-pyrrole nitrogens is 1. The number of fused-ring (bicyclic) bond motifs is 1. The van der Waals surface area contributed by atoms with Crippen molar-refractivity contribution in [3.8, 4) is 6.07 Å². The van der Waals surface area contributed by atoms with Crippen LogP contribution in [0.2, 0.25) is 0 Å². The molecule has 1 aromatic heterocycles. The van der Waals surface area contributed by atoms with E-state index in [2.05, 4.69) is 11.6 Å². The summed E-state index contributed by atoms with van der Waals surface area (Å²) in [5.74, 6) is -0.646. The number of hydrogen-bond acceptors (Lipinski definition) is 3. The summed E-state index contributed by atoms with van der Waals surface area (Å²) in [5.41, 5.74) is 1.69. The van der Waals surface area contributed by atoms with Crippen LogP contribution in [0.4, 0.5) is 0 Å². The zero-order chi connectivity index (χ0) is 13.7. The Morgan fingerprint density at radius 1 is 1.47 bits per heavy atom. The Morgan fingerprint density at radius 3 is 3.00 bits per heavy atom. The second-order valence-electron chi connectivity index (χ2n) is 3.85. The monoisotopic (exact) mass is 252 g/mol. The second-order valence-corrected chi connectivity index (χ2v) is 3.85. The highest BCUT2D eigenvalue weighted by Crippen LogP contribution is 2.20. The number of carbonyl (C=O) groups is 1. The van der Waals surface area contributed by atoms with Gasteiger partial charge in [0.2, 0.25) is 0 Å². The molecule has 0 spiro atoms. The fourth-order valence-corrected chi connectivity index (χ4v) is 1.72. The smallest absolute Gasteiger partial charge is 0.349 e. The fourth-order valence-electron chi connectivity index (χ4n) is 1.72. The molecule has 0 fully saturated rings. The molecule has 0 unspecified atom stereocenters. The first-order valence-corrected chi connectivity index (χ1v) is 5.72. The number of benzene rings is 1. The maximum absolute atomic E-state index is 11.6. The van der Waals surface area contributed by atoms with Gasteiger partial charge in [0.15, 0.2) is 0 Å². The highest BCUT2D eigenvalue weighted by atomic mass is 16.5. The van der Waals surface area contributed by atoms with E-state index in [1.165, 1.54) is 12.2 Å². The van der Waals surface area contributed by atoms with Gasteiger partial charge in [0, 0.05) is 22.7 Å². The molecule has 0 aliphatic carbocycles. The molecule has 0 amide bonds. The van der Waals surface area contributed by atoms with E-state index in [1.807, 2.05) is 30.3 Å². The lowest BCUT2D eigenvalue weighted by Crippen LogP contribution is -2.06. The highest BCUT2D eigenvalue weighted by Gasteiger charge is 2.11. The van der Waals surface area contributed by atoms with Crippen LogP contribution >= 0.6 is 0 Å². The normalized spacial score (nSPS) is 11.0. The number of para-hydroxylation sites is 1. The van der Waals surface area contributed by atoms with Crippen LogP contribution < -0.4 is 0 Å². The van der Waals surface area contributed by atoms with Crippen molar-refractivity contribution in [2.75, 3.05) is 6.61 Å². The molecule has 4 heteroatoms. The van der Waals surface area contributed by atoms with Gasteiger partial charge < -0.3 is 9.72 Å². The van der Waals surface area contributed by atoms with Gasteiger partial charge in [0.25, 0.3) is 0 Å². The van der Waals surface area contributed by atoms with E-state index in [0.717, 1.165) is 16.5 Å². The summed E-state index contributed by atoms with van der Waals surface area (Å²) in [6, 6.07) is 9.51. The van der Waals surface area contributed by atoms with Crippen LogP contribution in [0.5, 0.6) is 0 Å². The van der Waals surface area contributed by atoms with Crippen molar-refractivity contribution >= 4 is 22.9 Å². The van der Waals surface area contributed by atoms with Crippen molar-refractivity contribution in [3.05, 3.63) is 54.3 Å². The topological polar surface area (TPSA) is 65.9 Å². The molecule has 0 bridgehead atoms. The molecule has 0 aliphatic heterocycles. The van der Waals surface area contributed by atoms with Crippen LogP contribution in [0.25, 0.3) is 17.0 Å². The van der Waals surface area contributed by atoms with Gasteiger partial charge in [-0.15, -0.1) is 0 Å². The van der Waals surface area contributed by atoms with Crippen molar-refractivity contribution in [2.45, 2.75) is 0 Å². The number of nitrogens with zero attached hydrogens (tertiary/aromatic N) is 1. The summed E-state index contributed by atoms with van der Waals surface area (Å²) in [5, 5.41) is 9.96. The number of esters is 1. The first-order chi connectivity index (χ1) is 9.26. The third-order valence-corrected chi connectivity index (χ3v) is 2.59. The molecule has 0 aliphatic rings. The molecule has 2 aromatic rings. The second kappa shape index (κ2) is 5.69. The van der Waals surface area contributed by atoms with Gasteiger partial charge >= 0.3 is 5.97 Å². The molecule has 2 rings (SSSR count). The van der Waals surface area contributed by atoms with Gasteiger partial charge in [0.05, 0.1) is 0 Å². The summed E-state index contributed by atoms with van der Waals surface area (Å²) >= 11 is 0. The van der Waals surface area contributed by atoms with Crippen molar-refractivity contribution in [1.82, 2.24) is 4.98 Å². The van der Waals surface area contributed by atoms with Gasteiger partial charge in [-0.3, -0.25) is 0 Å². The molecule has 4 nitrogen and oxygen atoms in total. The molecule has 0 atom stereocenters. The van der Waals surface area contributed by atoms with Crippen LogP contribution in [-0.4, -0.2) is 17.6 Å². The van der Waals surface area contributed by atoms with Gasteiger partial charge in [-0.25, -0.2) is 4.79 Å². The van der Waals surface area contributed by atoms with Crippen molar-refractivity contribution in [2.24, 2.45) is 0 Å². The van der Waals surface area contributed by atoms with Crippen molar-refractivity contribution in [1.29, 1.82) is 5.26 Å². The van der Waals surface area contributed by atoms with Crippen LogP contribution in [0.3, 0.4) is 0 Å². The quantitative estimate of drug-likeness (QED) is 0.394. The van der Waals surface area contributed by atoms with Crippen molar-refractivity contribution < 1.29 is 9.53 Å². The average molecular weight is 252 g/mol. The Hall–Kier alpha value is -2.80. The fraction of sp³-hybridized carbons (Fsp3) is 0.0667. The number of aromatic amines is 1. The molecule has 1 heterocycles. The predicted molar refractivity (Wildman–Crippen MR) is 73.0 cm³/mol. The number of hydrogen-bond donors (Lipinski definition) is 1. The lowest BCUT2D eigenvalue weighted by molar-refractivity contribution is -0.137. The van der Waals surface area contributed by atoms with E-state index in [4.69, 9.17) is 10.00 Å². The van der Waals surface area contributed by atoms with Gasteiger partial charge in [-0.1, -0.05) is 30.9 Å². The largest absolute Gasteiger partial charge is 0.457 e. The number of carbonyl (C=O) groups excluding carboxylic acids is 1. The SMILES string of the molecule is C=CCOC(=O)/C(C#N)=C/c1c[nH]c2ccccc12. The minimum Gasteiger partial charge on any atom is -0.457 e. The van der Waals surface area contributed by atoms with E-state index < -0.39 is 5.97 Å². The highest BCUT2D eigenvalue weighted by molar-refractivity contribution is 6.01. The molecule has 1 aromatic carbocycles. The average Bonchev–Trinajstić information content (AvgIpc) is 2.85. The Kier molecular flexibility index (Phi) is 3.79. The van der Waals surface area contributed by atoms with E-state index >= 15 is 0 Å². The summed E-state index contributed by atoms with van der Waals surface area (Å²) < 4.78 is 4.85. The standard InChI is InChI=1S/C15H12N2O2/c1-2-7-19-15(18)11(9-16)8-12-10-17-14-6-4-3-5-13(12)14/h2-6,8,10,17H,1,7H2/b11-8+. The van der Waals surface area contributed by atoms with Crippen molar-refractivity contribution in [3.63, 3.8) is 0 Å². The Morgan fingerprint density at radius 2 is 2.26 bits per heavy atom. The Bertz CT molecular complexity index is 689. The van der Waals surface area contributed by atoms with Gasteiger partial charge in [-0.05, 0) is 12.1 Å². The molecule has 0 radical (unpaired) electrons. The first-order valence-electron chi connectivity index (χ1n) is 5.72. The molecule has 19 heavy (non-hydrogen) atoms. The first kappa shape index (κ1) is 12.7. The molecular formula is C15H12N2O2. The maximum Gasteiger partial charge on any atom is 0.349 e. The zero-order valence-corrected chi connectivity index (χ0v) is 10.2. The summed E-state index contributed by atoms with van der Waals surface area (Å²) in [7, 11) is 0. The molecule has 94 valence electrons. The molecule has 0 saturated carbocycles. The predicted octanol–water partition coefficient (Wildman–Crippen LogP) is 2.80. The minimum atomic E-state index is -0.646. The van der Waals surface area contributed by atoms with E-state index in [-0.39, 0.29) is 12.2 Å². The number of nitrogens with one attached hydrogen (secondary N) is 1. The summed E-state index contributed by atoms with van der Waals surface area (Å²) in [4.78, 5) is 14.7. The van der Waals surface area contributed by atoms with E-state index in [0.29, 0.717) is 0 Å². The molecule has 0 saturated heterocycles. The van der Waals surface area contributed by atoms with Crippen LogP contribution in [0.15, 0.2) is 48.7 Å². The van der Waals surface area contributed by atoms with E-state index in [1.54, 1.807) is 6.20 Å². The van der Waals surface area contributed by atoms with Crippen LogP contribution in [-0.2, 0) is 9.53 Å². The summed E-state index contributed by atoms with van der Waals surface area (Å²) in [6.45, 7) is 3.54. The third kappa shape index (κ3) is 2.72. The maximum atomic E-state index is 11.6. The van der Waals surface area contributed by atoms with Gasteiger partial charge in [-0.2, -0.15) is 5.26 Å². The lowest BCUT2D eigenvalue weighted by Gasteiger charge is -1.99. The van der Waals surface area contributed by atoms with Crippen LogP contribution in [0.1, 0.15) is 5.56 Å². The number of rotatable bonds is 4. The Labute approximate surface area is 110 Å². The number of nitriles is 1. The number of aromatic nitrogens is 1. The minimum absolute atomic E-state index is 0.0356. The van der Waals surface area contributed by atoms with E-state index in [9.17, 15) is 4.79 Å².